The lowest BCUT2D eigenvalue weighted by molar-refractivity contribution is 0.786. The zero-order valence-corrected chi connectivity index (χ0v) is 13.5. The highest BCUT2D eigenvalue weighted by atomic mass is 14.7. The Labute approximate surface area is 145 Å². The first-order chi connectivity index (χ1) is 12.4. The minimum Gasteiger partial charge on any atom is -0.264 e. The second kappa shape index (κ2) is 4.42. The number of pyridine rings is 2. The highest BCUT2D eigenvalue weighted by molar-refractivity contribution is 5.93. The second-order valence-corrected chi connectivity index (χ2v) is 6.66. The number of benzene rings is 2. The molecule has 0 saturated carbocycles. The molecular weight excluding hydrogens is 304 g/mol. The Morgan fingerprint density at radius 1 is 0.560 bits per heavy atom. The Morgan fingerprint density at radius 2 is 1.24 bits per heavy atom. The third-order valence-electron chi connectivity index (χ3n) is 5.64. The molecule has 116 valence electrons. The monoisotopic (exact) mass is 318 g/mol. The zero-order chi connectivity index (χ0) is 16.4. The molecule has 2 aliphatic rings. The van der Waals surface area contributed by atoms with Crippen molar-refractivity contribution in [2.75, 3.05) is 0 Å². The van der Waals surface area contributed by atoms with Gasteiger partial charge in [-0.25, -0.2) is 0 Å². The average molecular weight is 318 g/mol. The Kier molecular flexibility index (Phi) is 2.31. The number of aromatic nitrogens is 2. The molecule has 2 aromatic carbocycles. The molecule has 0 fully saturated rings. The molecule has 2 aromatic heterocycles. The molecule has 6 rings (SSSR count). The van der Waals surface area contributed by atoms with Gasteiger partial charge in [0.25, 0.3) is 0 Å². The highest BCUT2D eigenvalue weighted by Gasteiger charge is 2.52. The smallest absolute Gasteiger partial charge is 0.0756 e. The molecule has 0 N–H and O–H groups in total. The summed E-state index contributed by atoms with van der Waals surface area (Å²) < 4.78 is 0. The van der Waals surface area contributed by atoms with E-state index in [0.29, 0.717) is 0 Å². The molecule has 25 heavy (non-hydrogen) atoms. The van der Waals surface area contributed by atoms with Crippen LogP contribution in [-0.2, 0) is 5.41 Å². The lowest BCUT2D eigenvalue weighted by Gasteiger charge is -2.29. The topological polar surface area (TPSA) is 25.8 Å². The summed E-state index contributed by atoms with van der Waals surface area (Å²) in [5.74, 6) is 0. The first-order valence-electron chi connectivity index (χ1n) is 8.52. The van der Waals surface area contributed by atoms with Crippen molar-refractivity contribution in [1.82, 2.24) is 9.97 Å². The molecule has 2 heterocycles. The van der Waals surface area contributed by atoms with Gasteiger partial charge in [-0.15, -0.1) is 0 Å². The van der Waals surface area contributed by atoms with Crippen molar-refractivity contribution in [3.8, 4) is 22.4 Å². The van der Waals surface area contributed by atoms with Crippen LogP contribution < -0.4 is 0 Å². The number of nitrogens with zero attached hydrogens (tertiary/aromatic N) is 2. The lowest BCUT2D eigenvalue weighted by Crippen LogP contribution is -2.26. The minimum absolute atomic E-state index is 0.305. The zero-order valence-electron chi connectivity index (χ0n) is 13.5. The van der Waals surface area contributed by atoms with Crippen LogP contribution in [0.3, 0.4) is 0 Å². The van der Waals surface area contributed by atoms with E-state index in [2.05, 4.69) is 65.6 Å². The summed E-state index contributed by atoms with van der Waals surface area (Å²) in [6, 6.07) is 23.9. The molecule has 2 aliphatic carbocycles. The summed E-state index contributed by atoms with van der Waals surface area (Å²) in [6.07, 6.45) is 5.77. The Bertz CT molecular complexity index is 972. The number of hydrogen-bond acceptors (Lipinski definition) is 2. The van der Waals surface area contributed by atoms with Gasteiger partial charge < -0.3 is 0 Å². The van der Waals surface area contributed by atoms with Crippen LogP contribution in [0.2, 0.25) is 0 Å². The third kappa shape index (κ3) is 1.38. The summed E-state index contributed by atoms with van der Waals surface area (Å²) >= 11 is 0. The quantitative estimate of drug-likeness (QED) is 0.401. The van der Waals surface area contributed by atoms with E-state index >= 15 is 0 Å². The van der Waals surface area contributed by atoms with Crippen molar-refractivity contribution >= 4 is 0 Å². The predicted octanol–water partition coefficient (Wildman–Crippen LogP) is 4.82. The van der Waals surface area contributed by atoms with E-state index in [4.69, 9.17) is 4.98 Å². The van der Waals surface area contributed by atoms with Crippen molar-refractivity contribution in [3.63, 3.8) is 0 Å². The Balaban J connectivity index is 1.89. The molecule has 2 heteroatoms. The van der Waals surface area contributed by atoms with Crippen LogP contribution in [0.4, 0.5) is 0 Å². The van der Waals surface area contributed by atoms with Crippen molar-refractivity contribution in [2.45, 2.75) is 5.41 Å². The fraction of sp³-hybridized carbons (Fsp3) is 0.0435. The van der Waals surface area contributed by atoms with E-state index in [1.807, 2.05) is 24.7 Å². The number of rotatable bonds is 0. The highest BCUT2D eigenvalue weighted by Crippen LogP contribution is 2.61. The SMILES string of the molecule is c1ccc2c(c1)-c1ccccc1C21c2cnccc2-c2ncccc21. The molecule has 2 nitrogen and oxygen atoms in total. The second-order valence-electron chi connectivity index (χ2n) is 6.66. The van der Waals surface area contributed by atoms with Crippen LogP contribution in [-0.4, -0.2) is 9.97 Å². The van der Waals surface area contributed by atoms with Gasteiger partial charge in [0.2, 0.25) is 0 Å². The van der Waals surface area contributed by atoms with Gasteiger partial charge in [-0.05, 0) is 45.5 Å². The van der Waals surface area contributed by atoms with Gasteiger partial charge in [0.05, 0.1) is 11.1 Å². The number of hydrogen-bond donors (Lipinski definition) is 0. The van der Waals surface area contributed by atoms with Crippen molar-refractivity contribution in [2.24, 2.45) is 0 Å². The molecule has 0 bridgehead atoms. The van der Waals surface area contributed by atoms with Crippen molar-refractivity contribution < 1.29 is 0 Å². The molecule has 1 spiro atoms. The number of fused-ring (bicyclic) bond motifs is 10. The summed E-state index contributed by atoms with van der Waals surface area (Å²) in [5, 5.41) is 0. The summed E-state index contributed by atoms with van der Waals surface area (Å²) in [4.78, 5) is 9.21. The fourth-order valence-electron chi connectivity index (χ4n) is 4.78. The fourth-order valence-corrected chi connectivity index (χ4v) is 4.78. The van der Waals surface area contributed by atoms with Gasteiger partial charge in [-0.1, -0.05) is 54.6 Å². The predicted molar refractivity (Wildman–Crippen MR) is 98.3 cm³/mol. The van der Waals surface area contributed by atoms with Crippen molar-refractivity contribution in [1.29, 1.82) is 0 Å². The van der Waals surface area contributed by atoms with Crippen LogP contribution in [0.25, 0.3) is 22.4 Å². The van der Waals surface area contributed by atoms with Gasteiger partial charge in [-0.3, -0.25) is 9.97 Å². The third-order valence-corrected chi connectivity index (χ3v) is 5.64. The molecular formula is C23H14N2. The minimum atomic E-state index is -0.305. The van der Waals surface area contributed by atoms with Gasteiger partial charge in [-0.2, -0.15) is 0 Å². The van der Waals surface area contributed by atoms with Crippen LogP contribution >= 0.6 is 0 Å². The molecule has 4 aromatic rings. The Morgan fingerprint density at radius 3 is 2.00 bits per heavy atom. The standard InChI is InChI=1S/C23H14N2/c1-3-8-18-15(6-1)16-7-2-4-9-19(16)23(18)20-10-5-12-25-22(20)17-11-13-24-14-21(17)23/h1-14H. The maximum Gasteiger partial charge on any atom is 0.0756 e. The van der Waals surface area contributed by atoms with E-state index in [0.717, 1.165) is 5.69 Å². The van der Waals surface area contributed by atoms with E-state index in [1.54, 1.807) is 0 Å². The van der Waals surface area contributed by atoms with Crippen molar-refractivity contribution in [3.05, 3.63) is 108 Å². The van der Waals surface area contributed by atoms with Crippen LogP contribution in [0.5, 0.6) is 0 Å². The summed E-state index contributed by atoms with van der Waals surface area (Å²) in [6.45, 7) is 0. The maximum absolute atomic E-state index is 4.74. The molecule has 0 amide bonds. The molecule has 0 unspecified atom stereocenters. The molecule has 0 radical (unpaired) electrons. The van der Waals surface area contributed by atoms with Gasteiger partial charge in [0.15, 0.2) is 0 Å². The average Bonchev–Trinajstić information content (AvgIpc) is 3.16. The largest absolute Gasteiger partial charge is 0.264 e. The van der Waals surface area contributed by atoms with Gasteiger partial charge >= 0.3 is 0 Å². The van der Waals surface area contributed by atoms with Crippen LogP contribution in [0, 0.1) is 0 Å². The maximum atomic E-state index is 4.74. The summed E-state index contributed by atoms with van der Waals surface area (Å²) in [5.41, 5.74) is 9.74. The van der Waals surface area contributed by atoms with E-state index < -0.39 is 0 Å². The molecule has 0 saturated heterocycles. The van der Waals surface area contributed by atoms with E-state index in [-0.39, 0.29) is 5.41 Å². The van der Waals surface area contributed by atoms with Gasteiger partial charge in [0.1, 0.15) is 0 Å². The van der Waals surface area contributed by atoms with Crippen LogP contribution in [0.1, 0.15) is 22.3 Å². The van der Waals surface area contributed by atoms with E-state index in [1.165, 1.54) is 38.9 Å². The normalized spacial score (nSPS) is 14.7. The van der Waals surface area contributed by atoms with Crippen LogP contribution in [0.15, 0.2) is 85.3 Å². The summed E-state index contributed by atoms with van der Waals surface area (Å²) in [7, 11) is 0. The van der Waals surface area contributed by atoms with Gasteiger partial charge in [0, 0.05) is 24.2 Å². The molecule has 0 aliphatic heterocycles. The lowest BCUT2D eigenvalue weighted by atomic mass is 9.71. The Hall–Kier alpha value is -3.26. The molecule has 0 atom stereocenters. The van der Waals surface area contributed by atoms with E-state index in [9.17, 15) is 0 Å². The first kappa shape index (κ1) is 13.1. The first-order valence-corrected chi connectivity index (χ1v) is 8.52.